The van der Waals surface area contributed by atoms with Gasteiger partial charge in [0, 0.05) is 0 Å². The van der Waals surface area contributed by atoms with Crippen molar-refractivity contribution < 1.29 is 44.6 Å². The monoisotopic (exact) mass is 452 g/mol. The van der Waals surface area contributed by atoms with Crippen LogP contribution in [0.5, 0.6) is 5.75 Å². The number of carbonyl (C=O) groups is 2. The Morgan fingerprint density at radius 1 is 0.897 bits per heavy atom. The number of methoxy groups -OCH3 is 2. The third-order valence-electron chi connectivity index (χ3n) is 3.67. The van der Waals surface area contributed by atoms with Crippen molar-refractivity contribution in [1.82, 2.24) is 0 Å². The number of esters is 2. The molecule has 0 saturated carbocycles. The number of hydrogen-bond acceptors (Lipinski definition) is 9. The fraction of sp³-hybridized carbons (Fsp3) is 0.125. The first-order valence-corrected chi connectivity index (χ1v) is 11.6. The topological polar surface area (TPSA) is 150 Å². The zero-order chi connectivity index (χ0) is 22.0. The van der Waals surface area contributed by atoms with Crippen molar-refractivity contribution in [2.24, 2.45) is 0 Å². The minimum atomic E-state index is -4.76. The molecule has 2 rings (SSSR count). The van der Waals surface area contributed by atoms with E-state index in [0.29, 0.717) is 30.7 Å². The van der Waals surface area contributed by atoms with E-state index >= 15 is 0 Å². The summed E-state index contributed by atoms with van der Waals surface area (Å²) in [6.07, 6.45) is 0. The first kappa shape index (κ1) is 23.3. The van der Waals surface area contributed by atoms with Crippen LogP contribution in [-0.2, 0) is 29.7 Å². The molecule has 0 saturated heterocycles. The Bertz CT molecular complexity index is 1190. The molecule has 0 aliphatic rings. The standard InChI is InChI=1S/C16H13O10S2.Na/c1-24-15(17)11-8-7-10(9-12(11)16(18)25-2)28(22,23)26-13-5-3-4-6-14(13)27(19,20)21;/h3,5-9H,1-2H3,(H,19,20,21);. The molecule has 10 nitrogen and oxygen atoms in total. The molecular formula is C16H13NaO10S2. The van der Waals surface area contributed by atoms with Gasteiger partial charge in [0.2, 0.25) is 0 Å². The molecule has 0 amide bonds. The van der Waals surface area contributed by atoms with Crippen molar-refractivity contribution in [3.63, 3.8) is 0 Å². The van der Waals surface area contributed by atoms with Crippen LogP contribution in [0.4, 0.5) is 0 Å². The molecule has 0 aliphatic heterocycles. The van der Waals surface area contributed by atoms with Gasteiger partial charge in [-0.2, -0.15) is 0 Å². The number of carbonyl (C=O) groups excluding carboxylic acids is 2. The van der Waals surface area contributed by atoms with Gasteiger partial charge in [0.05, 0.1) is 7.11 Å². The third-order valence-corrected chi connectivity index (χ3v) is 6.39. The number of rotatable bonds is 6. The predicted molar refractivity (Wildman–Crippen MR) is 98.6 cm³/mol. The second kappa shape index (κ2) is 8.81. The first-order valence-electron chi connectivity index (χ1n) is 7.74. The zero-order valence-electron chi connectivity index (χ0n) is 15.4. The van der Waals surface area contributed by atoms with Gasteiger partial charge in [-0.1, -0.05) is 0 Å². The van der Waals surface area contributed by atoms with E-state index in [1.54, 1.807) is 0 Å². The van der Waals surface area contributed by atoms with Crippen molar-refractivity contribution in [1.29, 1.82) is 0 Å². The van der Waals surface area contributed by atoms with Gasteiger partial charge in [-0.05, 0) is 0 Å². The molecule has 0 spiro atoms. The third kappa shape index (κ3) is 5.35. The van der Waals surface area contributed by atoms with Gasteiger partial charge in [0.1, 0.15) is 0 Å². The predicted octanol–water partition coefficient (Wildman–Crippen LogP) is 0.0680. The molecule has 150 valence electrons. The summed E-state index contributed by atoms with van der Waals surface area (Å²) in [6, 6.07) is 6.45. The first-order chi connectivity index (χ1) is 13.4. The van der Waals surface area contributed by atoms with Gasteiger partial charge in [-0.15, -0.1) is 0 Å². The molecule has 2 aromatic carbocycles. The zero-order valence-corrected chi connectivity index (χ0v) is 19.0. The molecule has 29 heavy (non-hydrogen) atoms. The second-order valence-electron chi connectivity index (χ2n) is 5.65. The van der Waals surface area contributed by atoms with Crippen molar-refractivity contribution >= 4 is 62.9 Å². The molecule has 0 aromatic heterocycles. The molecule has 0 unspecified atom stereocenters. The maximum atomic E-state index is 12.6. The summed E-state index contributed by atoms with van der Waals surface area (Å²) in [7, 11) is -7.29. The molecule has 1 N–H and O–H groups in total. The van der Waals surface area contributed by atoms with E-state index in [-0.39, 0.29) is 5.56 Å². The van der Waals surface area contributed by atoms with Gasteiger partial charge < -0.3 is 0 Å². The molecule has 0 radical (unpaired) electrons. The Morgan fingerprint density at radius 2 is 1.48 bits per heavy atom. The van der Waals surface area contributed by atoms with Crippen LogP contribution in [0.2, 0.25) is 0 Å². The Morgan fingerprint density at radius 3 is 2.03 bits per heavy atom. The Labute approximate surface area is 184 Å². The van der Waals surface area contributed by atoms with Gasteiger partial charge in [0.25, 0.3) is 0 Å². The van der Waals surface area contributed by atoms with Crippen LogP contribution in [-0.4, -0.2) is 75.5 Å². The molecule has 0 heterocycles. The molecule has 0 bridgehead atoms. The minimum absolute atomic E-state index is 0.239. The van der Waals surface area contributed by atoms with E-state index in [1.165, 1.54) is 6.07 Å². The second-order valence-corrected chi connectivity index (χ2v) is 9.74. The van der Waals surface area contributed by atoms with E-state index in [9.17, 15) is 31.0 Å². The van der Waals surface area contributed by atoms with Crippen molar-refractivity contribution in [2.75, 3.05) is 14.2 Å². The summed E-state index contributed by atoms with van der Waals surface area (Å²) in [4.78, 5) is 22.5. The van der Waals surface area contributed by atoms with Crippen molar-refractivity contribution in [3.05, 3.63) is 47.5 Å². The average Bonchev–Trinajstić information content (AvgIpc) is 2.66. The summed E-state index contributed by atoms with van der Waals surface area (Å²) in [5, 5.41) is 0. The summed E-state index contributed by atoms with van der Waals surface area (Å²) >= 11 is 0.440. The Balaban J connectivity index is 2.58. The number of hydrogen-bond donors (Lipinski definition) is 1. The van der Waals surface area contributed by atoms with Crippen LogP contribution >= 0.6 is 0 Å². The molecule has 0 aliphatic carbocycles. The van der Waals surface area contributed by atoms with Crippen LogP contribution in [0.3, 0.4) is 0 Å². The van der Waals surface area contributed by atoms with Crippen LogP contribution < -0.4 is 7.00 Å². The Hall–Kier alpha value is -1.96. The van der Waals surface area contributed by atoms with E-state index in [2.05, 4.69) is 9.47 Å². The van der Waals surface area contributed by atoms with E-state index < -0.39 is 53.3 Å². The summed E-state index contributed by atoms with van der Waals surface area (Å²) in [5.74, 6) is -2.52. The van der Waals surface area contributed by atoms with Crippen molar-refractivity contribution in [2.45, 2.75) is 9.79 Å². The van der Waals surface area contributed by atoms with Gasteiger partial charge in [-0.3, -0.25) is 0 Å². The summed E-state index contributed by atoms with van der Waals surface area (Å²) < 4.78 is 72.2. The van der Waals surface area contributed by atoms with Gasteiger partial charge in [-0.25, -0.2) is 0 Å². The van der Waals surface area contributed by atoms with Crippen molar-refractivity contribution in [3.8, 4) is 5.75 Å². The fourth-order valence-electron chi connectivity index (χ4n) is 2.30. The molecular weight excluding hydrogens is 439 g/mol. The number of benzene rings is 2. The molecule has 0 fully saturated rings. The molecule has 0 atom stereocenters. The van der Waals surface area contributed by atoms with Gasteiger partial charge in [0.15, 0.2) is 0 Å². The van der Waals surface area contributed by atoms with Crippen LogP contribution in [0.15, 0.2) is 46.2 Å². The number of ether oxygens (including phenoxy) is 2. The van der Waals surface area contributed by atoms with E-state index in [4.69, 9.17) is 4.18 Å². The van der Waals surface area contributed by atoms with Crippen LogP contribution in [0.25, 0.3) is 0 Å². The van der Waals surface area contributed by atoms with E-state index in [0.717, 1.165) is 44.6 Å². The van der Waals surface area contributed by atoms with Gasteiger partial charge >= 0.3 is 178 Å². The Kier molecular flexibility index (Phi) is 7.09. The van der Waals surface area contributed by atoms with Crippen LogP contribution in [0, 0.1) is 0 Å². The van der Waals surface area contributed by atoms with E-state index in [1.807, 2.05) is 0 Å². The molecule has 2 aromatic rings. The normalized spacial score (nSPS) is 11.6. The maximum absolute atomic E-state index is 12.6. The molecule has 13 heteroatoms. The summed E-state index contributed by atoms with van der Waals surface area (Å²) in [5.41, 5.74) is -0.633. The quantitative estimate of drug-likeness (QED) is 0.276. The summed E-state index contributed by atoms with van der Waals surface area (Å²) in [6.45, 7) is 0. The average molecular weight is 452 g/mol. The van der Waals surface area contributed by atoms with Crippen LogP contribution in [0.1, 0.15) is 20.7 Å². The SMILES string of the molecule is COC(=O)c1ccc(S(=O)(=O)Oc2cc[c]([Na])cc2S(=O)(=O)O)cc1C(=O)OC. The fourth-order valence-corrected chi connectivity index (χ4v) is 4.69.